The van der Waals surface area contributed by atoms with Crippen LogP contribution in [0.3, 0.4) is 0 Å². The molecule has 18 heavy (non-hydrogen) atoms. The van der Waals surface area contributed by atoms with Gasteiger partial charge in [-0.3, -0.25) is 4.72 Å². The van der Waals surface area contributed by atoms with Crippen LogP contribution in [0.5, 0.6) is 0 Å². The lowest BCUT2D eigenvalue weighted by atomic mass is 10.2. The summed E-state index contributed by atoms with van der Waals surface area (Å²) in [6, 6.07) is 0. The standard InChI is InChI=1S/C11H14N2O4S/c1-4-7-5-8-9(18(15,16)12-7)6-13(2)10(8)11(14)17-3/h5-6,12H,4H2,1-3H3. The molecular weight excluding hydrogens is 256 g/mol. The number of fused-ring (bicyclic) bond motifs is 1. The van der Waals surface area contributed by atoms with E-state index in [-0.39, 0.29) is 10.6 Å². The first kappa shape index (κ1) is 12.7. The van der Waals surface area contributed by atoms with Crippen LogP contribution in [0, 0.1) is 0 Å². The molecule has 1 aromatic rings. The maximum Gasteiger partial charge on any atom is 0.355 e. The number of rotatable bonds is 2. The van der Waals surface area contributed by atoms with E-state index in [2.05, 4.69) is 9.46 Å². The molecule has 7 heteroatoms. The van der Waals surface area contributed by atoms with Gasteiger partial charge in [0.25, 0.3) is 10.0 Å². The van der Waals surface area contributed by atoms with Gasteiger partial charge < -0.3 is 9.30 Å². The van der Waals surface area contributed by atoms with E-state index in [1.54, 1.807) is 13.1 Å². The quantitative estimate of drug-likeness (QED) is 0.808. The first-order valence-electron chi connectivity index (χ1n) is 5.41. The Morgan fingerprint density at radius 3 is 2.72 bits per heavy atom. The SMILES string of the molecule is CCC1=Cc2c(cn(C)c2C(=O)OC)S(=O)(=O)N1. The minimum absolute atomic E-state index is 0.0996. The molecule has 0 bridgehead atoms. The second-order valence-electron chi connectivity index (χ2n) is 3.99. The number of nitrogens with zero attached hydrogens (tertiary/aromatic N) is 1. The lowest BCUT2D eigenvalue weighted by Crippen LogP contribution is -2.26. The molecule has 1 aliphatic heterocycles. The van der Waals surface area contributed by atoms with E-state index in [1.807, 2.05) is 6.92 Å². The number of methoxy groups -OCH3 is 1. The Morgan fingerprint density at radius 1 is 1.50 bits per heavy atom. The highest BCUT2D eigenvalue weighted by Gasteiger charge is 2.30. The Labute approximate surface area is 105 Å². The van der Waals surface area contributed by atoms with Crippen LogP contribution in [0.15, 0.2) is 16.8 Å². The number of carbonyl (C=O) groups excluding carboxylic acids is 1. The zero-order valence-electron chi connectivity index (χ0n) is 10.4. The number of aryl methyl sites for hydroxylation is 1. The Kier molecular flexibility index (Phi) is 2.94. The summed E-state index contributed by atoms with van der Waals surface area (Å²) in [6.07, 6.45) is 3.61. The summed E-state index contributed by atoms with van der Waals surface area (Å²) in [5.41, 5.74) is 1.18. The van der Waals surface area contributed by atoms with Crippen molar-refractivity contribution in [3.05, 3.63) is 23.2 Å². The predicted molar refractivity (Wildman–Crippen MR) is 65.3 cm³/mol. The van der Waals surface area contributed by atoms with Gasteiger partial charge in [-0.25, -0.2) is 13.2 Å². The monoisotopic (exact) mass is 270 g/mol. The van der Waals surface area contributed by atoms with Gasteiger partial charge in [-0.1, -0.05) is 6.92 Å². The molecule has 1 aromatic heterocycles. The molecule has 0 saturated carbocycles. The molecule has 0 saturated heterocycles. The van der Waals surface area contributed by atoms with Gasteiger partial charge in [0.05, 0.1) is 7.11 Å². The van der Waals surface area contributed by atoms with Gasteiger partial charge in [0.2, 0.25) is 0 Å². The van der Waals surface area contributed by atoms with Gasteiger partial charge in [0.15, 0.2) is 0 Å². The normalized spacial score (nSPS) is 16.5. The number of allylic oxidation sites excluding steroid dienone is 1. The molecule has 2 rings (SSSR count). The third kappa shape index (κ3) is 1.80. The summed E-state index contributed by atoms with van der Waals surface area (Å²) < 4.78 is 32.6. The molecule has 0 atom stereocenters. The van der Waals surface area contributed by atoms with Crippen molar-refractivity contribution in [1.29, 1.82) is 0 Å². The van der Waals surface area contributed by atoms with Crippen LogP contribution < -0.4 is 4.72 Å². The molecule has 1 aliphatic rings. The summed E-state index contributed by atoms with van der Waals surface area (Å²) >= 11 is 0. The van der Waals surface area contributed by atoms with Crippen molar-refractivity contribution in [2.75, 3.05) is 7.11 Å². The topological polar surface area (TPSA) is 77.4 Å². The highest BCUT2D eigenvalue weighted by molar-refractivity contribution is 7.89. The fourth-order valence-electron chi connectivity index (χ4n) is 1.93. The Morgan fingerprint density at radius 2 is 2.17 bits per heavy atom. The predicted octanol–water partition coefficient (Wildman–Crippen LogP) is 0.854. The van der Waals surface area contributed by atoms with E-state index in [1.165, 1.54) is 17.9 Å². The molecule has 0 spiro atoms. The summed E-state index contributed by atoms with van der Waals surface area (Å²) in [6.45, 7) is 1.83. The van der Waals surface area contributed by atoms with Crippen LogP contribution in [0.1, 0.15) is 29.4 Å². The van der Waals surface area contributed by atoms with Crippen LogP contribution in [-0.2, 0) is 21.8 Å². The molecule has 0 aliphatic carbocycles. The molecule has 6 nitrogen and oxygen atoms in total. The highest BCUT2D eigenvalue weighted by atomic mass is 32.2. The second kappa shape index (κ2) is 4.16. The largest absolute Gasteiger partial charge is 0.464 e. The fourth-order valence-corrected chi connectivity index (χ4v) is 3.33. The number of sulfonamides is 1. The van der Waals surface area contributed by atoms with Gasteiger partial charge in [-0.15, -0.1) is 0 Å². The van der Waals surface area contributed by atoms with Gasteiger partial charge in [0.1, 0.15) is 10.6 Å². The number of hydrogen-bond donors (Lipinski definition) is 1. The number of carbonyl (C=O) groups is 1. The minimum Gasteiger partial charge on any atom is -0.464 e. The average molecular weight is 270 g/mol. The third-order valence-electron chi connectivity index (χ3n) is 2.82. The summed E-state index contributed by atoms with van der Waals surface area (Å²) in [4.78, 5) is 11.8. The molecule has 0 aromatic carbocycles. The van der Waals surface area contributed by atoms with Crippen molar-refractivity contribution in [2.24, 2.45) is 7.05 Å². The maximum absolute atomic E-state index is 12.0. The van der Waals surface area contributed by atoms with E-state index in [4.69, 9.17) is 0 Å². The zero-order chi connectivity index (χ0) is 13.5. The number of nitrogens with one attached hydrogen (secondary N) is 1. The summed E-state index contributed by atoms with van der Waals surface area (Å²) in [5.74, 6) is -0.553. The smallest absolute Gasteiger partial charge is 0.355 e. The van der Waals surface area contributed by atoms with E-state index in [0.717, 1.165) is 0 Å². The molecule has 2 heterocycles. The second-order valence-corrected chi connectivity index (χ2v) is 5.64. The molecule has 0 unspecified atom stereocenters. The number of esters is 1. The fraction of sp³-hybridized carbons (Fsp3) is 0.364. The van der Waals surface area contributed by atoms with Crippen LogP contribution in [0.4, 0.5) is 0 Å². The average Bonchev–Trinajstić information content (AvgIpc) is 2.65. The van der Waals surface area contributed by atoms with Gasteiger partial charge in [-0.2, -0.15) is 0 Å². The van der Waals surface area contributed by atoms with Crippen molar-refractivity contribution >= 4 is 22.1 Å². The zero-order valence-corrected chi connectivity index (χ0v) is 11.2. The number of hydrogen-bond acceptors (Lipinski definition) is 4. The molecule has 0 radical (unpaired) electrons. The van der Waals surface area contributed by atoms with Crippen LogP contribution in [-0.4, -0.2) is 26.1 Å². The molecule has 1 N–H and O–H groups in total. The third-order valence-corrected chi connectivity index (χ3v) is 4.25. The highest BCUT2D eigenvalue weighted by Crippen LogP contribution is 2.29. The number of aromatic nitrogens is 1. The van der Waals surface area contributed by atoms with Crippen LogP contribution in [0.25, 0.3) is 6.08 Å². The first-order valence-corrected chi connectivity index (χ1v) is 6.90. The molecule has 98 valence electrons. The molecule has 0 fully saturated rings. The molecule has 0 amide bonds. The van der Waals surface area contributed by atoms with Crippen molar-refractivity contribution in [3.63, 3.8) is 0 Å². The first-order chi connectivity index (χ1) is 8.40. The minimum atomic E-state index is -3.59. The van der Waals surface area contributed by atoms with Crippen molar-refractivity contribution < 1.29 is 17.9 Å². The lowest BCUT2D eigenvalue weighted by Gasteiger charge is -2.15. The van der Waals surface area contributed by atoms with Crippen molar-refractivity contribution in [1.82, 2.24) is 9.29 Å². The Balaban J connectivity index is 2.74. The summed E-state index contributed by atoms with van der Waals surface area (Å²) in [5, 5.41) is 0. The summed E-state index contributed by atoms with van der Waals surface area (Å²) in [7, 11) is -0.717. The maximum atomic E-state index is 12.0. The van der Waals surface area contributed by atoms with E-state index in [9.17, 15) is 13.2 Å². The van der Waals surface area contributed by atoms with Crippen LogP contribution in [0.2, 0.25) is 0 Å². The van der Waals surface area contributed by atoms with Crippen LogP contribution >= 0.6 is 0 Å². The van der Waals surface area contributed by atoms with Crippen molar-refractivity contribution in [3.8, 4) is 0 Å². The Hall–Kier alpha value is -1.76. The Bertz CT molecular complexity index is 640. The van der Waals surface area contributed by atoms with Gasteiger partial charge in [0, 0.05) is 24.5 Å². The van der Waals surface area contributed by atoms with E-state index >= 15 is 0 Å². The number of ether oxygens (including phenoxy) is 1. The van der Waals surface area contributed by atoms with E-state index in [0.29, 0.717) is 17.7 Å². The van der Waals surface area contributed by atoms with E-state index < -0.39 is 16.0 Å². The molecular formula is C11H14N2O4S. The lowest BCUT2D eigenvalue weighted by molar-refractivity contribution is 0.0589. The van der Waals surface area contributed by atoms with Crippen molar-refractivity contribution in [2.45, 2.75) is 18.2 Å². The van der Waals surface area contributed by atoms with Gasteiger partial charge in [-0.05, 0) is 12.5 Å². The van der Waals surface area contributed by atoms with Gasteiger partial charge >= 0.3 is 5.97 Å².